The maximum atomic E-state index is 3.48. The van der Waals surface area contributed by atoms with E-state index in [9.17, 15) is 0 Å². The van der Waals surface area contributed by atoms with Crippen LogP contribution in [0.15, 0.2) is 12.2 Å². The van der Waals surface area contributed by atoms with Crippen LogP contribution in [0.3, 0.4) is 0 Å². The third kappa shape index (κ3) is 2.67. The second kappa shape index (κ2) is 5.83. The highest BCUT2D eigenvalue weighted by Crippen LogP contribution is 2.33. The van der Waals surface area contributed by atoms with Crippen LogP contribution in [0.25, 0.3) is 0 Å². The van der Waals surface area contributed by atoms with Crippen molar-refractivity contribution in [2.24, 2.45) is 0 Å². The molecule has 2 bridgehead atoms. The zero-order chi connectivity index (χ0) is 11.4. The number of hydrogen-bond donors (Lipinski definition) is 1. The van der Waals surface area contributed by atoms with Crippen molar-refractivity contribution < 1.29 is 0 Å². The summed E-state index contributed by atoms with van der Waals surface area (Å²) in [5.41, 5.74) is 0. The van der Waals surface area contributed by atoms with Crippen molar-refractivity contribution in [3.8, 4) is 0 Å². The minimum absolute atomic E-state index is 0.772. The van der Waals surface area contributed by atoms with Crippen LogP contribution < -0.4 is 5.32 Å². The number of hydrogen-bond acceptors (Lipinski definition) is 2. The van der Waals surface area contributed by atoms with E-state index >= 15 is 0 Å². The Morgan fingerprint density at radius 3 is 2.50 bits per heavy atom. The van der Waals surface area contributed by atoms with Crippen molar-refractivity contribution >= 4 is 0 Å². The molecule has 2 rings (SSSR count). The third-order valence-electron chi connectivity index (χ3n) is 4.32. The standard InChI is InChI=1S/C14H26N2/c1-3-4-5-9-16-13-7-6-8-14(16)11-12(10-13)15-2/h3-4,12-15H,5-11H2,1-2H3/b4-3+. The smallest absolute Gasteiger partial charge is 0.0113 e. The normalized spacial score (nSPS) is 35.8. The van der Waals surface area contributed by atoms with Crippen molar-refractivity contribution in [2.45, 2.75) is 63.6 Å². The van der Waals surface area contributed by atoms with Crippen LogP contribution in [0.5, 0.6) is 0 Å². The third-order valence-corrected chi connectivity index (χ3v) is 4.32. The number of rotatable bonds is 4. The van der Waals surface area contributed by atoms with Gasteiger partial charge in [0.2, 0.25) is 0 Å². The molecule has 0 saturated carbocycles. The summed E-state index contributed by atoms with van der Waals surface area (Å²) in [6.45, 7) is 3.39. The molecule has 0 aliphatic carbocycles. The average Bonchev–Trinajstić information content (AvgIpc) is 2.28. The lowest BCUT2D eigenvalue weighted by Crippen LogP contribution is -2.55. The van der Waals surface area contributed by atoms with Gasteiger partial charge in [0.05, 0.1) is 0 Å². The van der Waals surface area contributed by atoms with E-state index in [1.807, 2.05) is 0 Å². The van der Waals surface area contributed by atoms with Crippen LogP contribution in [0, 0.1) is 0 Å². The Balaban J connectivity index is 1.92. The monoisotopic (exact) mass is 222 g/mol. The summed E-state index contributed by atoms with van der Waals surface area (Å²) in [5.74, 6) is 0. The lowest BCUT2D eigenvalue weighted by atomic mass is 9.81. The number of fused-ring (bicyclic) bond motifs is 2. The highest BCUT2D eigenvalue weighted by atomic mass is 15.2. The summed E-state index contributed by atoms with van der Waals surface area (Å²) >= 11 is 0. The highest BCUT2D eigenvalue weighted by molar-refractivity contribution is 4.95. The summed E-state index contributed by atoms with van der Waals surface area (Å²) in [4.78, 5) is 2.79. The van der Waals surface area contributed by atoms with Gasteiger partial charge < -0.3 is 5.32 Å². The molecule has 2 heterocycles. The van der Waals surface area contributed by atoms with E-state index in [0.717, 1.165) is 18.1 Å². The Bertz CT molecular complexity index is 223. The van der Waals surface area contributed by atoms with E-state index in [1.165, 1.54) is 45.1 Å². The molecule has 2 nitrogen and oxygen atoms in total. The first-order valence-corrected chi connectivity index (χ1v) is 6.89. The number of nitrogens with one attached hydrogen (secondary N) is 1. The Morgan fingerprint density at radius 2 is 1.94 bits per heavy atom. The van der Waals surface area contributed by atoms with Crippen molar-refractivity contribution in [1.29, 1.82) is 0 Å². The van der Waals surface area contributed by atoms with Crippen molar-refractivity contribution in [2.75, 3.05) is 13.6 Å². The molecular formula is C14H26N2. The molecule has 0 radical (unpaired) electrons. The molecule has 0 aromatic rings. The van der Waals surface area contributed by atoms with Gasteiger partial charge in [0, 0.05) is 24.7 Å². The highest BCUT2D eigenvalue weighted by Gasteiger charge is 2.36. The van der Waals surface area contributed by atoms with Gasteiger partial charge in [-0.1, -0.05) is 18.6 Å². The predicted octanol–water partition coefficient (Wildman–Crippen LogP) is 2.56. The predicted molar refractivity (Wildman–Crippen MR) is 69.6 cm³/mol. The molecule has 0 amide bonds. The summed E-state index contributed by atoms with van der Waals surface area (Å²) < 4.78 is 0. The van der Waals surface area contributed by atoms with E-state index in [1.54, 1.807) is 0 Å². The molecule has 0 aromatic heterocycles. The van der Waals surface area contributed by atoms with Gasteiger partial charge in [-0.15, -0.1) is 0 Å². The first kappa shape index (κ1) is 12.1. The molecule has 2 aliphatic rings. The second-order valence-electron chi connectivity index (χ2n) is 5.29. The van der Waals surface area contributed by atoms with Crippen LogP contribution in [0.1, 0.15) is 45.4 Å². The molecule has 2 saturated heterocycles. The molecule has 92 valence electrons. The molecule has 2 heteroatoms. The molecule has 2 aliphatic heterocycles. The van der Waals surface area contributed by atoms with Crippen LogP contribution in [0.2, 0.25) is 0 Å². The minimum atomic E-state index is 0.772. The van der Waals surface area contributed by atoms with Gasteiger partial charge >= 0.3 is 0 Å². The topological polar surface area (TPSA) is 15.3 Å². The van der Waals surface area contributed by atoms with Gasteiger partial charge in [-0.25, -0.2) is 0 Å². The fourth-order valence-electron chi connectivity index (χ4n) is 3.47. The molecule has 1 N–H and O–H groups in total. The van der Waals surface area contributed by atoms with Crippen LogP contribution in [-0.4, -0.2) is 36.6 Å². The lowest BCUT2D eigenvalue weighted by molar-refractivity contribution is 0.0276. The van der Waals surface area contributed by atoms with E-state index in [2.05, 4.69) is 36.3 Å². The average molecular weight is 222 g/mol. The number of nitrogens with zero attached hydrogens (tertiary/aromatic N) is 1. The van der Waals surface area contributed by atoms with Crippen LogP contribution >= 0.6 is 0 Å². The van der Waals surface area contributed by atoms with Gasteiger partial charge in [0.1, 0.15) is 0 Å². The zero-order valence-corrected chi connectivity index (χ0v) is 10.8. The van der Waals surface area contributed by atoms with E-state index in [0.29, 0.717) is 0 Å². The Labute approximate surface area is 100 Å². The van der Waals surface area contributed by atoms with E-state index < -0.39 is 0 Å². The van der Waals surface area contributed by atoms with Gasteiger partial charge in [-0.05, 0) is 46.1 Å². The fraction of sp³-hybridized carbons (Fsp3) is 0.857. The minimum Gasteiger partial charge on any atom is -0.317 e. The molecular weight excluding hydrogens is 196 g/mol. The van der Waals surface area contributed by atoms with E-state index in [4.69, 9.17) is 0 Å². The summed E-state index contributed by atoms with van der Waals surface area (Å²) in [7, 11) is 2.12. The van der Waals surface area contributed by atoms with Crippen molar-refractivity contribution in [3.63, 3.8) is 0 Å². The molecule has 16 heavy (non-hydrogen) atoms. The quantitative estimate of drug-likeness (QED) is 0.735. The fourth-order valence-corrected chi connectivity index (χ4v) is 3.47. The van der Waals surface area contributed by atoms with Crippen molar-refractivity contribution in [1.82, 2.24) is 10.2 Å². The van der Waals surface area contributed by atoms with Gasteiger partial charge in [0.15, 0.2) is 0 Å². The zero-order valence-electron chi connectivity index (χ0n) is 10.8. The molecule has 2 atom stereocenters. The van der Waals surface area contributed by atoms with Gasteiger partial charge in [-0.3, -0.25) is 4.90 Å². The summed E-state index contributed by atoms with van der Waals surface area (Å²) in [5, 5.41) is 3.48. The van der Waals surface area contributed by atoms with Gasteiger partial charge in [-0.2, -0.15) is 0 Å². The number of allylic oxidation sites excluding steroid dienone is 1. The van der Waals surface area contributed by atoms with Crippen molar-refractivity contribution in [3.05, 3.63) is 12.2 Å². The number of piperidine rings is 2. The summed E-state index contributed by atoms with van der Waals surface area (Å²) in [6.07, 6.45) is 12.7. The van der Waals surface area contributed by atoms with Crippen LogP contribution in [-0.2, 0) is 0 Å². The molecule has 0 aromatic carbocycles. The Morgan fingerprint density at radius 1 is 1.25 bits per heavy atom. The SMILES string of the molecule is C/C=C/CCN1C2CCCC1CC(NC)C2. The molecule has 0 spiro atoms. The van der Waals surface area contributed by atoms with E-state index in [-0.39, 0.29) is 0 Å². The molecule has 2 unspecified atom stereocenters. The Kier molecular flexibility index (Phi) is 4.42. The Hall–Kier alpha value is -0.340. The maximum absolute atomic E-state index is 3.48. The second-order valence-corrected chi connectivity index (χ2v) is 5.29. The van der Waals surface area contributed by atoms with Gasteiger partial charge in [0.25, 0.3) is 0 Å². The molecule has 2 fully saturated rings. The maximum Gasteiger partial charge on any atom is 0.0113 e. The van der Waals surface area contributed by atoms with Crippen LogP contribution in [0.4, 0.5) is 0 Å². The largest absolute Gasteiger partial charge is 0.317 e. The first-order valence-electron chi connectivity index (χ1n) is 6.89. The lowest BCUT2D eigenvalue weighted by Gasteiger charge is -2.49. The first-order chi connectivity index (χ1) is 7.85. The summed E-state index contributed by atoms with van der Waals surface area (Å²) in [6, 6.07) is 2.48.